The molecule has 1 saturated carbocycles. The minimum atomic E-state index is -0.488. The van der Waals surface area contributed by atoms with Crippen molar-refractivity contribution < 1.29 is 9.59 Å². The van der Waals surface area contributed by atoms with Crippen molar-refractivity contribution in [1.82, 2.24) is 9.88 Å². The fourth-order valence-corrected chi connectivity index (χ4v) is 4.18. The molecule has 2 heterocycles. The summed E-state index contributed by atoms with van der Waals surface area (Å²) < 4.78 is 0. The van der Waals surface area contributed by atoms with Gasteiger partial charge in [-0.15, -0.1) is 11.8 Å². The predicted octanol–water partition coefficient (Wildman–Crippen LogP) is 1.41. The lowest BCUT2D eigenvalue weighted by molar-refractivity contribution is -0.139. The zero-order chi connectivity index (χ0) is 15.5. The van der Waals surface area contributed by atoms with Gasteiger partial charge in [-0.1, -0.05) is 12.8 Å². The Morgan fingerprint density at radius 1 is 1.32 bits per heavy atom. The Bertz CT molecular complexity index is 624. The van der Waals surface area contributed by atoms with Gasteiger partial charge in [-0.05, 0) is 25.0 Å². The summed E-state index contributed by atoms with van der Waals surface area (Å²) in [5, 5.41) is 2.64. The van der Waals surface area contributed by atoms with E-state index in [-0.39, 0.29) is 29.0 Å². The first-order chi connectivity index (χ1) is 10.7. The van der Waals surface area contributed by atoms with Crippen LogP contribution in [0.2, 0.25) is 0 Å². The minimum absolute atomic E-state index is 0.0640. The van der Waals surface area contributed by atoms with Gasteiger partial charge >= 0.3 is 0 Å². The molecule has 2 N–H and O–H groups in total. The fourth-order valence-electron chi connectivity index (χ4n) is 3.02. The Morgan fingerprint density at radius 3 is 2.82 bits per heavy atom. The quantitative estimate of drug-likeness (QED) is 0.882. The normalized spacial score (nSPS) is 22.0. The van der Waals surface area contributed by atoms with Crippen molar-refractivity contribution in [2.45, 2.75) is 31.7 Å². The van der Waals surface area contributed by atoms with Crippen LogP contribution >= 0.6 is 11.8 Å². The number of rotatable bonds is 3. The molecule has 0 bridgehead atoms. The van der Waals surface area contributed by atoms with Gasteiger partial charge in [0.2, 0.25) is 11.8 Å². The maximum absolute atomic E-state index is 12.5. The minimum Gasteiger partial charge on any atom is -0.327 e. The van der Waals surface area contributed by atoms with E-state index >= 15 is 0 Å². The highest BCUT2D eigenvalue weighted by Crippen LogP contribution is 2.31. The number of carbonyl (C=O) groups excluding carboxylic acids is 2. The first-order valence-corrected chi connectivity index (χ1v) is 8.69. The molecule has 1 aromatic rings. The van der Waals surface area contributed by atoms with Crippen LogP contribution in [0.3, 0.4) is 0 Å². The van der Waals surface area contributed by atoms with Crippen molar-refractivity contribution in [3.8, 4) is 0 Å². The van der Waals surface area contributed by atoms with E-state index in [0.717, 1.165) is 25.7 Å². The number of aromatic nitrogens is 1. The number of hydrogen-bond acceptors (Lipinski definition) is 4. The van der Waals surface area contributed by atoms with Crippen molar-refractivity contribution in [2.75, 3.05) is 16.9 Å². The summed E-state index contributed by atoms with van der Waals surface area (Å²) in [7, 11) is 0. The Labute approximate surface area is 132 Å². The molecule has 1 saturated heterocycles. The molecule has 3 rings (SSSR count). The summed E-state index contributed by atoms with van der Waals surface area (Å²) in [6, 6.07) is 2.72. The molecule has 2 aliphatic rings. The second kappa shape index (κ2) is 6.56. The third kappa shape index (κ3) is 3.04. The molecule has 2 amide bonds. The van der Waals surface area contributed by atoms with Gasteiger partial charge in [0, 0.05) is 17.9 Å². The molecule has 2 fully saturated rings. The van der Waals surface area contributed by atoms with Crippen LogP contribution in [0.15, 0.2) is 23.1 Å². The van der Waals surface area contributed by atoms with Gasteiger partial charge in [0.05, 0.1) is 5.88 Å². The number of thioether (sulfide) groups is 1. The molecule has 0 radical (unpaired) electrons. The maximum atomic E-state index is 12.5. The van der Waals surface area contributed by atoms with Crippen LogP contribution in [0, 0.1) is 5.92 Å². The highest BCUT2D eigenvalue weighted by Gasteiger charge is 2.38. The van der Waals surface area contributed by atoms with E-state index in [1.54, 1.807) is 28.8 Å². The summed E-state index contributed by atoms with van der Waals surface area (Å²) in [5.74, 6) is 1.000. The van der Waals surface area contributed by atoms with Crippen LogP contribution in [-0.2, 0) is 9.59 Å². The summed E-state index contributed by atoms with van der Waals surface area (Å²) in [4.78, 5) is 40.8. The van der Waals surface area contributed by atoms with E-state index in [0.29, 0.717) is 11.6 Å². The Balaban J connectivity index is 1.69. The number of nitrogens with one attached hydrogen (secondary N) is 2. The fraction of sp³-hybridized carbons (Fsp3) is 0.533. The highest BCUT2D eigenvalue weighted by atomic mass is 32.2. The predicted molar refractivity (Wildman–Crippen MR) is 85.6 cm³/mol. The molecule has 22 heavy (non-hydrogen) atoms. The van der Waals surface area contributed by atoms with Crippen molar-refractivity contribution in [2.24, 2.45) is 5.92 Å². The molecule has 6 nitrogen and oxygen atoms in total. The van der Waals surface area contributed by atoms with Gasteiger partial charge in [-0.3, -0.25) is 14.4 Å². The molecule has 1 atom stereocenters. The van der Waals surface area contributed by atoms with Crippen molar-refractivity contribution in [1.29, 1.82) is 0 Å². The molecule has 1 aliphatic carbocycles. The van der Waals surface area contributed by atoms with Gasteiger partial charge in [0.15, 0.2) is 0 Å². The molecular weight excluding hydrogens is 302 g/mol. The average Bonchev–Trinajstić information content (AvgIpc) is 3.20. The van der Waals surface area contributed by atoms with Crippen molar-refractivity contribution >= 4 is 29.3 Å². The SMILES string of the molecule is O=C(Nc1ccc[nH]c1=O)C1CSCN1C(=O)C1CCCC1. The number of carbonyl (C=O) groups is 2. The summed E-state index contributed by atoms with van der Waals surface area (Å²) in [6.45, 7) is 0. The standard InChI is InChI=1S/C15H19N3O3S/c19-13-11(6-3-7-16-13)17-14(20)12-8-22-9-18(12)15(21)10-4-1-2-5-10/h3,6-7,10,12H,1-2,4-5,8-9H2,(H,16,19)(H,17,20). The van der Waals surface area contributed by atoms with Gasteiger partial charge in [-0.25, -0.2) is 0 Å². The molecule has 1 aliphatic heterocycles. The lowest BCUT2D eigenvalue weighted by Crippen LogP contribution is -2.46. The smallest absolute Gasteiger partial charge is 0.271 e. The molecule has 0 spiro atoms. The number of pyridine rings is 1. The number of H-pyrrole nitrogens is 1. The van der Waals surface area contributed by atoms with Gasteiger partial charge < -0.3 is 15.2 Å². The van der Waals surface area contributed by atoms with E-state index in [9.17, 15) is 14.4 Å². The van der Waals surface area contributed by atoms with Crippen molar-refractivity contribution in [3.63, 3.8) is 0 Å². The Kier molecular flexibility index (Phi) is 4.52. The molecule has 1 aromatic heterocycles. The van der Waals surface area contributed by atoms with Gasteiger partial charge in [0.1, 0.15) is 11.7 Å². The third-order valence-corrected chi connectivity index (χ3v) is 5.26. The first kappa shape index (κ1) is 15.1. The topological polar surface area (TPSA) is 82.3 Å². The lowest BCUT2D eigenvalue weighted by atomic mass is 10.1. The van der Waals surface area contributed by atoms with Crippen LogP contribution in [0.5, 0.6) is 0 Å². The van der Waals surface area contributed by atoms with E-state index < -0.39 is 6.04 Å². The largest absolute Gasteiger partial charge is 0.327 e. The lowest BCUT2D eigenvalue weighted by Gasteiger charge is -2.25. The van der Waals surface area contributed by atoms with Crippen LogP contribution in [0.4, 0.5) is 5.69 Å². The second-order valence-corrected chi connectivity index (χ2v) is 6.71. The van der Waals surface area contributed by atoms with Gasteiger partial charge in [-0.2, -0.15) is 0 Å². The molecule has 118 valence electrons. The Morgan fingerprint density at radius 2 is 2.09 bits per heavy atom. The monoisotopic (exact) mass is 321 g/mol. The zero-order valence-electron chi connectivity index (χ0n) is 12.2. The summed E-state index contributed by atoms with van der Waals surface area (Å²) in [6.07, 6.45) is 5.54. The van der Waals surface area contributed by atoms with Crippen LogP contribution < -0.4 is 10.9 Å². The highest BCUT2D eigenvalue weighted by molar-refractivity contribution is 7.99. The first-order valence-electron chi connectivity index (χ1n) is 7.53. The van der Waals surface area contributed by atoms with Crippen LogP contribution in [-0.4, -0.2) is 39.4 Å². The number of aromatic amines is 1. The summed E-state index contributed by atoms with van der Waals surface area (Å²) in [5.41, 5.74) is -0.118. The Hall–Kier alpha value is -1.76. The van der Waals surface area contributed by atoms with E-state index in [4.69, 9.17) is 0 Å². The third-order valence-electron chi connectivity index (χ3n) is 4.25. The van der Waals surface area contributed by atoms with E-state index in [1.165, 1.54) is 6.20 Å². The molecule has 7 heteroatoms. The van der Waals surface area contributed by atoms with E-state index in [2.05, 4.69) is 10.3 Å². The number of anilines is 1. The second-order valence-electron chi connectivity index (χ2n) is 5.71. The molecular formula is C15H19N3O3S. The molecule has 1 unspecified atom stereocenters. The number of amides is 2. The summed E-state index contributed by atoms with van der Waals surface area (Å²) >= 11 is 1.58. The number of hydrogen-bond donors (Lipinski definition) is 2. The maximum Gasteiger partial charge on any atom is 0.271 e. The van der Waals surface area contributed by atoms with Crippen molar-refractivity contribution in [3.05, 3.63) is 28.7 Å². The van der Waals surface area contributed by atoms with Crippen LogP contribution in [0.25, 0.3) is 0 Å². The van der Waals surface area contributed by atoms with Crippen LogP contribution in [0.1, 0.15) is 25.7 Å². The average molecular weight is 321 g/mol. The van der Waals surface area contributed by atoms with E-state index in [1.807, 2.05) is 0 Å². The molecule has 0 aromatic carbocycles. The number of nitrogens with zero attached hydrogens (tertiary/aromatic N) is 1. The van der Waals surface area contributed by atoms with Gasteiger partial charge in [0.25, 0.3) is 5.56 Å². The zero-order valence-corrected chi connectivity index (χ0v) is 13.0.